The summed E-state index contributed by atoms with van der Waals surface area (Å²) in [4.78, 5) is 13.1. The molecular formula is C23H40O2. The SMILES string of the molecule is CCC(C)(C)CC(C(=O)OCC12CC3CC(CC(C3)C1)C2)C(C)(C)C. The summed E-state index contributed by atoms with van der Waals surface area (Å²) in [6, 6.07) is 0. The van der Waals surface area contributed by atoms with E-state index >= 15 is 0 Å². The van der Waals surface area contributed by atoms with Crippen molar-refractivity contribution in [1.29, 1.82) is 0 Å². The van der Waals surface area contributed by atoms with E-state index in [1.165, 1.54) is 38.5 Å². The van der Waals surface area contributed by atoms with Crippen LogP contribution in [0.1, 0.15) is 92.9 Å². The van der Waals surface area contributed by atoms with Crippen LogP contribution in [0.4, 0.5) is 0 Å². The molecule has 0 saturated heterocycles. The Bertz CT molecular complexity index is 461. The van der Waals surface area contributed by atoms with Gasteiger partial charge in [-0.3, -0.25) is 4.79 Å². The summed E-state index contributed by atoms with van der Waals surface area (Å²) in [5, 5.41) is 0. The van der Waals surface area contributed by atoms with Gasteiger partial charge in [-0.1, -0.05) is 48.0 Å². The second kappa shape index (κ2) is 6.57. The van der Waals surface area contributed by atoms with Gasteiger partial charge in [0.05, 0.1) is 12.5 Å². The van der Waals surface area contributed by atoms with Crippen molar-refractivity contribution in [2.24, 2.45) is 39.9 Å². The molecule has 2 heteroatoms. The average Bonchev–Trinajstić information content (AvgIpc) is 2.48. The van der Waals surface area contributed by atoms with Gasteiger partial charge < -0.3 is 4.74 Å². The van der Waals surface area contributed by atoms with Crippen LogP contribution in [0.25, 0.3) is 0 Å². The maximum atomic E-state index is 13.1. The van der Waals surface area contributed by atoms with E-state index in [9.17, 15) is 4.79 Å². The summed E-state index contributed by atoms with van der Waals surface area (Å²) in [5.74, 6) is 2.81. The van der Waals surface area contributed by atoms with Gasteiger partial charge in [0.25, 0.3) is 0 Å². The smallest absolute Gasteiger partial charge is 0.309 e. The van der Waals surface area contributed by atoms with Crippen LogP contribution in [-0.4, -0.2) is 12.6 Å². The lowest BCUT2D eigenvalue weighted by atomic mass is 9.50. The van der Waals surface area contributed by atoms with Crippen molar-refractivity contribution in [1.82, 2.24) is 0 Å². The molecule has 1 unspecified atom stereocenters. The molecule has 0 spiro atoms. The molecule has 0 aromatic carbocycles. The second-order valence-corrected chi connectivity index (χ2v) is 11.7. The fourth-order valence-corrected chi connectivity index (χ4v) is 6.23. The molecule has 0 N–H and O–H groups in total. The first-order chi connectivity index (χ1) is 11.5. The summed E-state index contributed by atoms with van der Waals surface area (Å²) in [7, 11) is 0. The molecule has 0 aromatic rings. The van der Waals surface area contributed by atoms with Gasteiger partial charge in [-0.15, -0.1) is 0 Å². The van der Waals surface area contributed by atoms with E-state index in [4.69, 9.17) is 4.74 Å². The minimum Gasteiger partial charge on any atom is -0.465 e. The van der Waals surface area contributed by atoms with Gasteiger partial charge >= 0.3 is 5.97 Å². The number of rotatable bonds is 6. The molecular weight excluding hydrogens is 308 g/mol. The van der Waals surface area contributed by atoms with Crippen molar-refractivity contribution >= 4 is 5.97 Å². The summed E-state index contributed by atoms with van der Waals surface area (Å²) in [5.41, 5.74) is 0.482. The van der Waals surface area contributed by atoms with E-state index in [0.29, 0.717) is 12.0 Å². The van der Waals surface area contributed by atoms with Crippen LogP contribution < -0.4 is 0 Å². The third-order valence-corrected chi connectivity index (χ3v) is 7.73. The highest BCUT2D eigenvalue weighted by atomic mass is 16.5. The highest BCUT2D eigenvalue weighted by molar-refractivity contribution is 5.73. The lowest BCUT2D eigenvalue weighted by molar-refractivity contribution is -0.165. The Balaban J connectivity index is 1.64. The second-order valence-electron chi connectivity index (χ2n) is 11.7. The van der Waals surface area contributed by atoms with E-state index in [-0.39, 0.29) is 22.7 Å². The lowest BCUT2D eigenvalue weighted by Crippen LogP contribution is -2.49. The van der Waals surface area contributed by atoms with Crippen LogP contribution in [0.2, 0.25) is 0 Å². The molecule has 4 fully saturated rings. The van der Waals surface area contributed by atoms with Crippen molar-refractivity contribution in [3.8, 4) is 0 Å². The van der Waals surface area contributed by atoms with E-state index in [1.54, 1.807) is 0 Å². The molecule has 4 aliphatic rings. The molecule has 144 valence electrons. The zero-order chi connectivity index (χ0) is 18.5. The predicted octanol–water partition coefficient (Wildman–Crippen LogP) is 6.23. The normalized spacial score (nSPS) is 35.7. The quantitative estimate of drug-likeness (QED) is 0.531. The average molecular weight is 349 g/mol. The molecule has 4 bridgehead atoms. The molecule has 1 atom stereocenters. The van der Waals surface area contributed by atoms with Crippen LogP contribution in [0, 0.1) is 39.9 Å². The van der Waals surface area contributed by atoms with Gasteiger partial charge in [-0.25, -0.2) is 0 Å². The maximum absolute atomic E-state index is 13.1. The Morgan fingerprint density at radius 2 is 1.48 bits per heavy atom. The van der Waals surface area contributed by atoms with Gasteiger partial charge in [0, 0.05) is 5.41 Å². The zero-order valence-corrected chi connectivity index (χ0v) is 17.5. The molecule has 0 amide bonds. The Hall–Kier alpha value is -0.530. The third-order valence-electron chi connectivity index (χ3n) is 7.73. The Kier molecular flexibility index (Phi) is 5.06. The molecule has 4 rings (SSSR count). The first kappa shape index (κ1) is 19.2. The van der Waals surface area contributed by atoms with E-state index in [0.717, 1.165) is 30.6 Å². The van der Waals surface area contributed by atoms with Crippen LogP contribution in [0.5, 0.6) is 0 Å². The van der Waals surface area contributed by atoms with Crippen LogP contribution in [-0.2, 0) is 9.53 Å². The summed E-state index contributed by atoms with van der Waals surface area (Å²) in [6.07, 6.45) is 10.3. The van der Waals surface area contributed by atoms with Gasteiger partial charge in [0.1, 0.15) is 0 Å². The van der Waals surface area contributed by atoms with Gasteiger partial charge in [-0.05, 0) is 73.5 Å². The first-order valence-corrected chi connectivity index (χ1v) is 10.7. The predicted molar refractivity (Wildman–Crippen MR) is 103 cm³/mol. The van der Waals surface area contributed by atoms with Gasteiger partial charge in [0.15, 0.2) is 0 Å². The number of hydrogen-bond acceptors (Lipinski definition) is 2. The molecule has 0 radical (unpaired) electrons. The van der Waals surface area contributed by atoms with Crippen molar-refractivity contribution in [2.45, 2.75) is 92.9 Å². The molecule has 25 heavy (non-hydrogen) atoms. The lowest BCUT2D eigenvalue weighted by Gasteiger charge is -2.56. The number of hydrogen-bond donors (Lipinski definition) is 0. The maximum Gasteiger partial charge on any atom is 0.309 e. The molecule has 0 aliphatic heterocycles. The minimum atomic E-state index is -0.0367. The van der Waals surface area contributed by atoms with Gasteiger partial charge in [0.2, 0.25) is 0 Å². The van der Waals surface area contributed by atoms with Gasteiger partial charge in [-0.2, -0.15) is 0 Å². The fraction of sp³-hybridized carbons (Fsp3) is 0.957. The standard InChI is InChI=1S/C23H40O2/c1-7-22(5,6)14-19(21(2,3)4)20(24)25-15-23-11-16-8-17(12-23)10-18(9-16)13-23/h16-19H,7-15H2,1-6H3. The third kappa shape index (κ3) is 4.25. The van der Waals surface area contributed by atoms with Crippen molar-refractivity contribution in [2.75, 3.05) is 6.61 Å². The summed E-state index contributed by atoms with van der Waals surface area (Å²) >= 11 is 0. The topological polar surface area (TPSA) is 26.3 Å². The first-order valence-electron chi connectivity index (χ1n) is 10.7. The molecule has 4 aliphatic carbocycles. The number of esters is 1. The van der Waals surface area contributed by atoms with Crippen LogP contribution >= 0.6 is 0 Å². The van der Waals surface area contributed by atoms with Crippen molar-refractivity contribution in [3.05, 3.63) is 0 Å². The minimum absolute atomic E-state index is 0.00337. The molecule has 0 aromatic heterocycles. The van der Waals surface area contributed by atoms with E-state index in [1.807, 2.05) is 0 Å². The van der Waals surface area contributed by atoms with E-state index < -0.39 is 0 Å². The van der Waals surface area contributed by atoms with E-state index in [2.05, 4.69) is 41.5 Å². The largest absolute Gasteiger partial charge is 0.465 e. The number of ether oxygens (including phenoxy) is 1. The highest BCUT2D eigenvalue weighted by Gasteiger charge is 2.51. The Morgan fingerprint density at radius 1 is 1.00 bits per heavy atom. The molecule has 0 heterocycles. The number of carbonyl (C=O) groups excluding carboxylic acids is 1. The molecule has 4 saturated carbocycles. The number of carbonyl (C=O) groups is 1. The monoisotopic (exact) mass is 348 g/mol. The fourth-order valence-electron chi connectivity index (χ4n) is 6.23. The Morgan fingerprint density at radius 3 is 1.88 bits per heavy atom. The molecule has 2 nitrogen and oxygen atoms in total. The van der Waals surface area contributed by atoms with Crippen LogP contribution in [0.15, 0.2) is 0 Å². The highest BCUT2D eigenvalue weighted by Crippen LogP contribution is 2.60. The van der Waals surface area contributed by atoms with Crippen molar-refractivity contribution in [3.63, 3.8) is 0 Å². The zero-order valence-electron chi connectivity index (χ0n) is 17.5. The van der Waals surface area contributed by atoms with Crippen molar-refractivity contribution < 1.29 is 9.53 Å². The summed E-state index contributed by atoms with van der Waals surface area (Å²) in [6.45, 7) is 14.0. The van der Waals surface area contributed by atoms with Crippen LogP contribution in [0.3, 0.4) is 0 Å². The Labute approximate surface area is 155 Å². The summed E-state index contributed by atoms with van der Waals surface area (Å²) < 4.78 is 6.07.